The van der Waals surface area contributed by atoms with Crippen molar-refractivity contribution in [2.24, 2.45) is 11.0 Å². The average Bonchev–Trinajstić information content (AvgIpc) is 2.38. The molecule has 0 heterocycles. The first-order chi connectivity index (χ1) is 8.66. The van der Waals surface area contributed by atoms with Crippen LogP contribution in [-0.4, -0.2) is 11.6 Å². The molecule has 0 aromatic heterocycles. The summed E-state index contributed by atoms with van der Waals surface area (Å²) in [6.07, 6.45) is 4.62. The topological polar surface area (TPSA) is 41.5 Å². The van der Waals surface area contributed by atoms with Gasteiger partial charge in [0.25, 0.3) is 5.91 Å². The lowest BCUT2D eigenvalue weighted by Gasteiger charge is -2.19. The second kappa shape index (κ2) is 6.14. The Balaban J connectivity index is 1.99. The summed E-state index contributed by atoms with van der Waals surface area (Å²) in [5.41, 5.74) is 4.40. The fourth-order valence-corrected chi connectivity index (χ4v) is 2.39. The average molecular weight is 309 g/mol. The first kappa shape index (κ1) is 13.3. The first-order valence-corrected chi connectivity index (χ1v) is 7.08. The summed E-state index contributed by atoms with van der Waals surface area (Å²) >= 11 is 3.34. The summed E-state index contributed by atoms with van der Waals surface area (Å²) in [4.78, 5) is 11.9. The van der Waals surface area contributed by atoms with Crippen LogP contribution < -0.4 is 5.43 Å². The van der Waals surface area contributed by atoms with Gasteiger partial charge in [-0.15, -0.1) is 0 Å². The molecule has 1 unspecified atom stereocenters. The Bertz CT molecular complexity index is 453. The number of carbonyl (C=O) groups is 1. The molecule has 18 heavy (non-hydrogen) atoms. The van der Waals surface area contributed by atoms with Gasteiger partial charge in [0, 0.05) is 15.7 Å². The standard InChI is InChI=1S/C14H17BrN2O/c1-10-4-2-3-5-13(10)16-17-14(18)11-6-8-12(15)9-7-11/h6-10H,2-5H2,1H3,(H,17,18). The third-order valence-electron chi connectivity index (χ3n) is 3.30. The number of benzene rings is 1. The summed E-state index contributed by atoms with van der Waals surface area (Å²) in [6.45, 7) is 2.17. The van der Waals surface area contributed by atoms with Crippen molar-refractivity contribution < 1.29 is 4.79 Å². The van der Waals surface area contributed by atoms with Crippen molar-refractivity contribution in [3.63, 3.8) is 0 Å². The van der Waals surface area contributed by atoms with E-state index in [1.54, 1.807) is 12.1 Å². The van der Waals surface area contributed by atoms with Gasteiger partial charge < -0.3 is 0 Å². The van der Waals surface area contributed by atoms with Gasteiger partial charge in [-0.3, -0.25) is 4.79 Å². The maximum atomic E-state index is 11.9. The summed E-state index contributed by atoms with van der Waals surface area (Å²) in [5.74, 6) is 0.344. The summed E-state index contributed by atoms with van der Waals surface area (Å²) in [7, 11) is 0. The monoisotopic (exact) mass is 308 g/mol. The molecule has 0 saturated heterocycles. The van der Waals surface area contributed by atoms with E-state index in [0.717, 1.165) is 16.6 Å². The van der Waals surface area contributed by atoms with Gasteiger partial charge in [-0.1, -0.05) is 29.3 Å². The second-order valence-electron chi connectivity index (χ2n) is 4.70. The molecule has 1 amide bonds. The number of halogens is 1. The number of carbonyl (C=O) groups excluding carboxylic acids is 1. The lowest BCUT2D eigenvalue weighted by Crippen LogP contribution is -2.24. The molecule has 1 aliphatic carbocycles. The molecule has 0 aliphatic heterocycles. The number of hydrazone groups is 1. The van der Waals surface area contributed by atoms with Crippen LogP contribution in [0, 0.1) is 5.92 Å². The maximum absolute atomic E-state index is 11.9. The highest BCUT2D eigenvalue weighted by molar-refractivity contribution is 9.10. The molecule has 1 aliphatic rings. The fraction of sp³-hybridized carbons (Fsp3) is 0.429. The van der Waals surface area contributed by atoms with Crippen LogP contribution >= 0.6 is 15.9 Å². The minimum atomic E-state index is -0.146. The molecule has 96 valence electrons. The van der Waals surface area contributed by atoms with Gasteiger partial charge >= 0.3 is 0 Å². The Morgan fingerprint density at radius 2 is 2.06 bits per heavy atom. The molecule has 4 heteroatoms. The van der Waals surface area contributed by atoms with Crippen LogP contribution in [0.1, 0.15) is 43.0 Å². The molecule has 1 saturated carbocycles. The van der Waals surface area contributed by atoms with E-state index in [1.807, 2.05) is 12.1 Å². The van der Waals surface area contributed by atoms with Crippen molar-refractivity contribution in [3.05, 3.63) is 34.3 Å². The Morgan fingerprint density at radius 1 is 1.33 bits per heavy atom. The zero-order chi connectivity index (χ0) is 13.0. The number of nitrogens with one attached hydrogen (secondary N) is 1. The molecule has 0 radical (unpaired) electrons. The number of rotatable bonds is 2. The zero-order valence-electron chi connectivity index (χ0n) is 10.4. The number of amides is 1. The van der Waals surface area contributed by atoms with E-state index in [1.165, 1.54) is 19.3 Å². The summed E-state index contributed by atoms with van der Waals surface area (Å²) in [5, 5.41) is 4.27. The van der Waals surface area contributed by atoms with Crippen LogP contribution in [0.15, 0.2) is 33.8 Å². The Labute approximate surface area is 116 Å². The number of hydrogen-bond acceptors (Lipinski definition) is 2. The van der Waals surface area contributed by atoms with Gasteiger partial charge in [0.05, 0.1) is 0 Å². The Hall–Kier alpha value is -1.16. The predicted molar refractivity (Wildman–Crippen MR) is 76.7 cm³/mol. The number of hydrogen-bond donors (Lipinski definition) is 1. The largest absolute Gasteiger partial charge is 0.271 e. The van der Waals surface area contributed by atoms with Crippen LogP contribution in [0.2, 0.25) is 0 Å². The zero-order valence-corrected chi connectivity index (χ0v) is 12.0. The second-order valence-corrected chi connectivity index (χ2v) is 5.61. The molecule has 0 spiro atoms. The van der Waals surface area contributed by atoms with Gasteiger partial charge in [-0.2, -0.15) is 5.10 Å². The summed E-state index contributed by atoms with van der Waals surface area (Å²) in [6, 6.07) is 7.27. The fourth-order valence-electron chi connectivity index (χ4n) is 2.12. The molecule has 1 fully saturated rings. The van der Waals surface area contributed by atoms with E-state index in [2.05, 4.69) is 33.4 Å². The van der Waals surface area contributed by atoms with Gasteiger partial charge in [0.2, 0.25) is 0 Å². The lowest BCUT2D eigenvalue weighted by molar-refractivity contribution is 0.0954. The Kier molecular flexibility index (Phi) is 4.53. The van der Waals surface area contributed by atoms with Gasteiger partial charge in [-0.05, 0) is 49.4 Å². The molecular weight excluding hydrogens is 292 g/mol. The molecular formula is C14H17BrN2O. The van der Waals surface area contributed by atoms with Crippen molar-refractivity contribution in [1.82, 2.24) is 5.43 Å². The summed E-state index contributed by atoms with van der Waals surface area (Å²) < 4.78 is 0.964. The maximum Gasteiger partial charge on any atom is 0.271 e. The van der Waals surface area contributed by atoms with E-state index in [0.29, 0.717) is 11.5 Å². The van der Waals surface area contributed by atoms with Crippen molar-refractivity contribution in [2.75, 3.05) is 0 Å². The highest BCUT2D eigenvalue weighted by Gasteiger charge is 2.16. The van der Waals surface area contributed by atoms with E-state index in [4.69, 9.17) is 0 Å². The van der Waals surface area contributed by atoms with Crippen LogP contribution in [0.5, 0.6) is 0 Å². The van der Waals surface area contributed by atoms with Crippen LogP contribution in [0.4, 0.5) is 0 Å². The van der Waals surface area contributed by atoms with E-state index in [9.17, 15) is 4.79 Å². The molecule has 3 nitrogen and oxygen atoms in total. The van der Waals surface area contributed by atoms with E-state index >= 15 is 0 Å². The van der Waals surface area contributed by atoms with E-state index < -0.39 is 0 Å². The van der Waals surface area contributed by atoms with Gasteiger partial charge in [0.1, 0.15) is 0 Å². The quantitative estimate of drug-likeness (QED) is 0.831. The SMILES string of the molecule is CC1CCCCC1=NNC(=O)c1ccc(Br)cc1. The van der Waals surface area contributed by atoms with Crippen molar-refractivity contribution in [1.29, 1.82) is 0 Å². The Morgan fingerprint density at radius 3 is 2.72 bits per heavy atom. The van der Waals surface area contributed by atoms with Crippen molar-refractivity contribution >= 4 is 27.5 Å². The number of nitrogens with zero attached hydrogens (tertiary/aromatic N) is 1. The predicted octanol–water partition coefficient (Wildman–Crippen LogP) is 3.75. The third kappa shape index (κ3) is 3.42. The van der Waals surface area contributed by atoms with Crippen LogP contribution in [0.3, 0.4) is 0 Å². The van der Waals surface area contributed by atoms with Crippen molar-refractivity contribution in [2.45, 2.75) is 32.6 Å². The molecule has 1 aromatic carbocycles. The van der Waals surface area contributed by atoms with Gasteiger partial charge in [-0.25, -0.2) is 5.43 Å². The smallest absolute Gasteiger partial charge is 0.267 e. The van der Waals surface area contributed by atoms with Gasteiger partial charge in [0.15, 0.2) is 0 Å². The van der Waals surface area contributed by atoms with E-state index in [-0.39, 0.29) is 5.91 Å². The molecule has 1 aromatic rings. The first-order valence-electron chi connectivity index (χ1n) is 6.29. The molecule has 2 rings (SSSR count). The third-order valence-corrected chi connectivity index (χ3v) is 3.83. The molecule has 0 bridgehead atoms. The lowest BCUT2D eigenvalue weighted by atomic mass is 9.89. The highest BCUT2D eigenvalue weighted by atomic mass is 79.9. The highest BCUT2D eigenvalue weighted by Crippen LogP contribution is 2.20. The normalized spacial score (nSPS) is 21.9. The minimum Gasteiger partial charge on any atom is -0.267 e. The minimum absolute atomic E-state index is 0.146. The van der Waals surface area contributed by atoms with Crippen molar-refractivity contribution in [3.8, 4) is 0 Å². The molecule has 1 N–H and O–H groups in total. The van der Waals surface area contributed by atoms with Crippen LogP contribution in [0.25, 0.3) is 0 Å². The molecule has 1 atom stereocenters. The van der Waals surface area contributed by atoms with Crippen LogP contribution in [-0.2, 0) is 0 Å².